The molecule has 0 saturated heterocycles. The van der Waals surface area contributed by atoms with Gasteiger partial charge in [-0.25, -0.2) is 4.79 Å². The normalized spacial score (nSPS) is 10.8. The van der Waals surface area contributed by atoms with Crippen molar-refractivity contribution in [1.82, 2.24) is 0 Å². The summed E-state index contributed by atoms with van der Waals surface area (Å²) in [5, 5.41) is 11.1. The highest BCUT2D eigenvalue weighted by atomic mass is 16.5. The SMILES string of the molecule is C=C(C)C(=O)OCCCC(O)(CCCCOC=C(C)C)CCCCOC=C(C)C. The van der Waals surface area contributed by atoms with Crippen LogP contribution in [-0.4, -0.2) is 36.5 Å². The number of carbonyl (C=O) groups is 1. The molecule has 0 aliphatic heterocycles. The van der Waals surface area contributed by atoms with Crippen molar-refractivity contribution < 1.29 is 24.1 Å². The van der Waals surface area contributed by atoms with Crippen LogP contribution in [0.4, 0.5) is 0 Å². The number of esters is 1. The molecule has 168 valence electrons. The number of allylic oxidation sites excluding steroid dienone is 2. The Bertz CT molecular complexity index is 497. The highest BCUT2D eigenvalue weighted by molar-refractivity contribution is 5.86. The third-order valence-electron chi connectivity index (χ3n) is 4.31. The van der Waals surface area contributed by atoms with E-state index in [0.29, 0.717) is 51.1 Å². The van der Waals surface area contributed by atoms with Crippen molar-refractivity contribution in [3.63, 3.8) is 0 Å². The van der Waals surface area contributed by atoms with Crippen LogP contribution in [0, 0.1) is 0 Å². The molecule has 0 bridgehead atoms. The molecule has 0 atom stereocenters. The monoisotopic (exact) mass is 410 g/mol. The van der Waals surface area contributed by atoms with E-state index < -0.39 is 5.60 Å². The summed E-state index contributed by atoms with van der Waals surface area (Å²) in [4.78, 5) is 11.5. The van der Waals surface area contributed by atoms with Gasteiger partial charge in [-0.1, -0.05) is 6.58 Å². The molecule has 0 aromatic rings. The van der Waals surface area contributed by atoms with Gasteiger partial charge in [-0.05, 0) is 97.1 Å². The minimum Gasteiger partial charge on any atom is -0.501 e. The van der Waals surface area contributed by atoms with Crippen LogP contribution in [0.5, 0.6) is 0 Å². The Hall–Kier alpha value is -1.75. The van der Waals surface area contributed by atoms with E-state index in [1.807, 2.05) is 27.7 Å². The standard InChI is InChI=1S/C24H42O5/c1-20(2)18-27-15-9-7-12-24(26,13-8-10-16-28-19-21(3)4)14-11-17-29-23(25)22(5)6/h18-19,26H,5,7-17H2,1-4,6H3. The Morgan fingerprint density at radius 2 is 1.24 bits per heavy atom. The van der Waals surface area contributed by atoms with Gasteiger partial charge in [0.1, 0.15) is 0 Å². The van der Waals surface area contributed by atoms with E-state index in [0.717, 1.165) is 36.8 Å². The van der Waals surface area contributed by atoms with Gasteiger partial charge in [0.25, 0.3) is 0 Å². The fourth-order valence-corrected chi connectivity index (χ4v) is 2.79. The van der Waals surface area contributed by atoms with Crippen LogP contribution in [0.2, 0.25) is 0 Å². The van der Waals surface area contributed by atoms with Crippen LogP contribution in [0.1, 0.15) is 86.0 Å². The minimum atomic E-state index is -0.747. The number of ether oxygens (including phenoxy) is 3. The highest BCUT2D eigenvalue weighted by Gasteiger charge is 2.25. The van der Waals surface area contributed by atoms with Crippen molar-refractivity contribution in [3.8, 4) is 0 Å². The number of unbranched alkanes of at least 4 members (excludes halogenated alkanes) is 2. The van der Waals surface area contributed by atoms with Crippen molar-refractivity contribution in [2.45, 2.75) is 91.6 Å². The first-order valence-electron chi connectivity index (χ1n) is 10.7. The predicted molar refractivity (Wildman–Crippen MR) is 118 cm³/mol. The predicted octanol–water partition coefficient (Wildman–Crippen LogP) is 5.84. The quantitative estimate of drug-likeness (QED) is 0.141. The Balaban J connectivity index is 4.36. The maximum Gasteiger partial charge on any atom is 0.333 e. The number of hydrogen-bond acceptors (Lipinski definition) is 5. The average Bonchev–Trinajstić information content (AvgIpc) is 2.64. The molecule has 0 amide bonds. The molecule has 0 saturated carbocycles. The molecule has 29 heavy (non-hydrogen) atoms. The summed E-state index contributed by atoms with van der Waals surface area (Å²) < 4.78 is 16.1. The lowest BCUT2D eigenvalue weighted by Crippen LogP contribution is -2.29. The smallest absolute Gasteiger partial charge is 0.333 e. The Morgan fingerprint density at radius 3 is 1.66 bits per heavy atom. The van der Waals surface area contributed by atoms with Gasteiger partial charge in [-0.3, -0.25) is 0 Å². The van der Waals surface area contributed by atoms with Crippen molar-refractivity contribution in [2.75, 3.05) is 19.8 Å². The van der Waals surface area contributed by atoms with E-state index in [2.05, 4.69) is 6.58 Å². The first kappa shape index (κ1) is 27.2. The van der Waals surface area contributed by atoms with Gasteiger partial charge in [0.2, 0.25) is 0 Å². The summed E-state index contributed by atoms with van der Waals surface area (Å²) in [5.41, 5.74) is 1.93. The van der Waals surface area contributed by atoms with Crippen LogP contribution in [0.3, 0.4) is 0 Å². The van der Waals surface area contributed by atoms with Crippen LogP contribution < -0.4 is 0 Å². The molecule has 0 fully saturated rings. The molecule has 5 heteroatoms. The van der Waals surface area contributed by atoms with Crippen LogP contribution in [0.15, 0.2) is 35.8 Å². The lowest BCUT2D eigenvalue weighted by atomic mass is 9.86. The van der Waals surface area contributed by atoms with Gasteiger partial charge in [0, 0.05) is 5.57 Å². The summed E-state index contributed by atoms with van der Waals surface area (Å²) in [5.74, 6) is -0.374. The van der Waals surface area contributed by atoms with E-state index in [-0.39, 0.29) is 5.97 Å². The molecule has 0 unspecified atom stereocenters. The Kier molecular flexibility index (Phi) is 15.1. The van der Waals surface area contributed by atoms with Crippen molar-refractivity contribution in [2.24, 2.45) is 0 Å². The molecule has 1 N–H and O–H groups in total. The lowest BCUT2D eigenvalue weighted by molar-refractivity contribution is -0.139. The summed E-state index contributed by atoms with van der Waals surface area (Å²) in [6.07, 6.45) is 9.82. The molecular formula is C24H42O5. The second kappa shape index (κ2) is 16.1. The fourth-order valence-electron chi connectivity index (χ4n) is 2.79. The second-order valence-electron chi connectivity index (χ2n) is 8.29. The zero-order valence-electron chi connectivity index (χ0n) is 19.2. The minimum absolute atomic E-state index is 0.307. The molecule has 0 rings (SSSR count). The Morgan fingerprint density at radius 1 is 0.793 bits per heavy atom. The molecule has 0 aliphatic rings. The second-order valence-corrected chi connectivity index (χ2v) is 8.29. The molecule has 0 spiro atoms. The summed E-state index contributed by atoms with van der Waals surface area (Å²) in [7, 11) is 0. The topological polar surface area (TPSA) is 65.0 Å². The third kappa shape index (κ3) is 16.9. The maximum absolute atomic E-state index is 11.5. The third-order valence-corrected chi connectivity index (χ3v) is 4.31. The number of aliphatic hydroxyl groups is 1. The average molecular weight is 411 g/mol. The van der Waals surface area contributed by atoms with Gasteiger partial charge in [0.05, 0.1) is 37.9 Å². The maximum atomic E-state index is 11.5. The zero-order chi connectivity index (χ0) is 22.1. The van der Waals surface area contributed by atoms with E-state index in [1.165, 1.54) is 0 Å². The van der Waals surface area contributed by atoms with Crippen LogP contribution in [-0.2, 0) is 19.0 Å². The molecule has 5 nitrogen and oxygen atoms in total. The van der Waals surface area contributed by atoms with Crippen LogP contribution in [0.25, 0.3) is 0 Å². The van der Waals surface area contributed by atoms with E-state index in [4.69, 9.17) is 14.2 Å². The van der Waals surface area contributed by atoms with Crippen molar-refractivity contribution >= 4 is 5.97 Å². The molecular weight excluding hydrogens is 368 g/mol. The van der Waals surface area contributed by atoms with Crippen LogP contribution >= 0.6 is 0 Å². The van der Waals surface area contributed by atoms with E-state index in [1.54, 1.807) is 19.4 Å². The number of carbonyl (C=O) groups excluding carboxylic acids is 1. The van der Waals surface area contributed by atoms with Gasteiger partial charge >= 0.3 is 5.97 Å². The summed E-state index contributed by atoms with van der Waals surface area (Å²) in [6.45, 7) is 14.8. The lowest BCUT2D eigenvalue weighted by Gasteiger charge is -2.28. The van der Waals surface area contributed by atoms with Gasteiger partial charge in [-0.15, -0.1) is 0 Å². The summed E-state index contributed by atoms with van der Waals surface area (Å²) in [6, 6.07) is 0. The number of hydrogen-bond donors (Lipinski definition) is 1. The molecule has 0 heterocycles. The van der Waals surface area contributed by atoms with E-state index in [9.17, 15) is 9.90 Å². The zero-order valence-corrected chi connectivity index (χ0v) is 19.2. The fraction of sp³-hybridized carbons (Fsp3) is 0.708. The van der Waals surface area contributed by atoms with E-state index >= 15 is 0 Å². The number of rotatable bonds is 17. The summed E-state index contributed by atoms with van der Waals surface area (Å²) >= 11 is 0. The molecule has 0 aromatic heterocycles. The highest BCUT2D eigenvalue weighted by Crippen LogP contribution is 2.27. The van der Waals surface area contributed by atoms with Crippen molar-refractivity contribution in [1.29, 1.82) is 0 Å². The van der Waals surface area contributed by atoms with Crippen molar-refractivity contribution in [3.05, 3.63) is 35.8 Å². The Labute approximate surface area is 177 Å². The largest absolute Gasteiger partial charge is 0.501 e. The molecule has 0 aromatic carbocycles. The first-order chi connectivity index (χ1) is 13.7. The van der Waals surface area contributed by atoms with Gasteiger partial charge in [-0.2, -0.15) is 0 Å². The first-order valence-corrected chi connectivity index (χ1v) is 10.7. The van der Waals surface area contributed by atoms with Gasteiger partial charge < -0.3 is 19.3 Å². The van der Waals surface area contributed by atoms with Gasteiger partial charge in [0.15, 0.2) is 0 Å². The molecule has 0 aliphatic carbocycles. The molecule has 0 radical (unpaired) electrons.